The van der Waals surface area contributed by atoms with Crippen molar-refractivity contribution < 1.29 is 14.0 Å². The number of Topliss-reactive ketones (excluding diaryl/α,β-unsaturated/α-hetero) is 1. The van der Waals surface area contributed by atoms with Gasteiger partial charge in [0.1, 0.15) is 5.82 Å². The van der Waals surface area contributed by atoms with Gasteiger partial charge in [0.25, 0.3) is 0 Å². The van der Waals surface area contributed by atoms with E-state index in [1.165, 1.54) is 13.0 Å². The Bertz CT molecular complexity index is 820. The summed E-state index contributed by atoms with van der Waals surface area (Å²) in [6.07, 6.45) is 3.39. The average Bonchev–Trinajstić information content (AvgIpc) is 2.68. The zero-order valence-electron chi connectivity index (χ0n) is 15.5. The van der Waals surface area contributed by atoms with E-state index in [0.717, 1.165) is 5.56 Å². The van der Waals surface area contributed by atoms with Gasteiger partial charge in [-0.1, -0.05) is 0 Å². The van der Waals surface area contributed by atoms with Crippen molar-refractivity contribution in [3.8, 4) is 0 Å². The normalized spacial score (nSPS) is 15.4. The van der Waals surface area contributed by atoms with Gasteiger partial charge in [-0.25, -0.2) is 9.18 Å². The highest BCUT2D eigenvalue weighted by molar-refractivity contribution is 5.94. The van der Waals surface area contributed by atoms with Crippen molar-refractivity contribution in [1.82, 2.24) is 15.2 Å². The molecule has 27 heavy (non-hydrogen) atoms. The molecule has 1 aliphatic rings. The highest BCUT2D eigenvalue weighted by Gasteiger charge is 2.24. The molecule has 0 bridgehead atoms. The third-order valence-corrected chi connectivity index (χ3v) is 4.81. The number of carbonyl (C=O) groups is 2. The second-order valence-electron chi connectivity index (χ2n) is 6.65. The lowest BCUT2D eigenvalue weighted by molar-refractivity contribution is 0.101. The molecule has 3 rings (SSSR count). The number of nitrogens with zero attached hydrogens (tertiary/aromatic N) is 3. The predicted octanol–water partition coefficient (Wildman–Crippen LogP) is 3.02. The summed E-state index contributed by atoms with van der Waals surface area (Å²) in [5, 5.41) is 2.98. The number of ketones is 1. The van der Waals surface area contributed by atoms with Gasteiger partial charge in [-0.05, 0) is 49.7 Å². The van der Waals surface area contributed by atoms with Crippen LogP contribution in [0.25, 0.3) is 0 Å². The van der Waals surface area contributed by atoms with E-state index < -0.39 is 5.82 Å². The molecule has 1 aromatic heterocycles. The lowest BCUT2D eigenvalue weighted by Gasteiger charge is -2.36. The quantitative estimate of drug-likeness (QED) is 0.841. The first-order valence-electron chi connectivity index (χ1n) is 8.96. The SMILES string of the molecule is CC(=O)c1ccc(N2CCN(C(=O)NC(C)c3ccncc3)CC2)c(F)c1. The number of aromatic nitrogens is 1. The minimum absolute atomic E-state index is 0.116. The van der Waals surface area contributed by atoms with Gasteiger partial charge in [0, 0.05) is 44.1 Å². The monoisotopic (exact) mass is 370 g/mol. The van der Waals surface area contributed by atoms with E-state index >= 15 is 0 Å². The lowest BCUT2D eigenvalue weighted by atomic mass is 10.1. The van der Waals surface area contributed by atoms with Gasteiger partial charge in [-0.15, -0.1) is 0 Å². The van der Waals surface area contributed by atoms with E-state index in [-0.39, 0.29) is 17.9 Å². The van der Waals surface area contributed by atoms with Crippen LogP contribution in [0.4, 0.5) is 14.9 Å². The van der Waals surface area contributed by atoms with Crippen LogP contribution in [0.2, 0.25) is 0 Å². The summed E-state index contributed by atoms with van der Waals surface area (Å²) in [5.41, 5.74) is 1.81. The van der Waals surface area contributed by atoms with E-state index in [2.05, 4.69) is 10.3 Å². The molecule has 2 heterocycles. The Morgan fingerprint density at radius 2 is 1.78 bits per heavy atom. The Kier molecular flexibility index (Phi) is 5.69. The standard InChI is InChI=1S/C20H23FN4O2/c1-14(16-5-7-22-8-6-16)23-20(27)25-11-9-24(10-12-25)19-4-3-17(15(2)26)13-18(19)21/h3-8,13-14H,9-12H2,1-2H3,(H,23,27). The van der Waals surface area contributed by atoms with Crippen molar-refractivity contribution in [3.05, 3.63) is 59.7 Å². The number of urea groups is 1. The van der Waals surface area contributed by atoms with Gasteiger partial charge in [0.05, 0.1) is 11.7 Å². The van der Waals surface area contributed by atoms with Gasteiger partial charge in [-0.3, -0.25) is 9.78 Å². The minimum atomic E-state index is -0.410. The molecule has 1 aliphatic heterocycles. The fourth-order valence-electron chi connectivity index (χ4n) is 3.14. The number of carbonyl (C=O) groups excluding carboxylic acids is 2. The molecule has 1 atom stereocenters. The van der Waals surface area contributed by atoms with Crippen molar-refractivity contribution in [2.75, 3.05) is 31.1 Å². The Labute approximate surface area is 158 Å². The Morgan fingerprint density at radius 1 is 1.11 bits per heavy atom. The summed E-state index contributed by atoms with van der Waals surface area (Å²) < 4.78 is 14.3. The largest absolute Gasteiger partial charge is 0.366 e. The van der Waals surface area contributed by atoms with E-state index in [9.17, 15) is 14.0 Å². The van der Waals surface area contributed by atoms with Crippen LogP contribution < -0.4 is 10.2 Å². The number of piperazine rings is 1. The summed E-state index contributed by atoms with van der Waals surface area (Å²) in [6, 6.07) is 8.03. The number of anilines is 1. The molecule has 1 unspecified atom stereocenters. The number of amides is 2. The molecule has 0 radical (unpaired) electrons. The van der Waals surface area contributed by atoms with Crippen LogP contribution in [0.3, 0.4) is 0 Å². The van der Waals surface area contributed by atoms with Crippen LogP contribution in [-0.4, -0.2) is 47.9 Å². The summed E-state index contributed by atoms with van der Waals surface area (Å²) >= 11 is 0. The van der Waals surface area contributed by atoms with Gasteiger partial charge < -0.3 is 15.1 Å². The van der Waals surface area contributed by atoms with Gasteiger partial charge in [0.15, 0.2) is 5.78 Å². The second kappa shape index (κ2) is 8.16. The number of hydrogen-bond acceptors (Lipinski definition) is 4. The van der Waals surface area contributed by atoms with Crippen molar-refractivity contribution in [1.29, 1.82) is 0 Å². The van der Waals surface area contributed by atoms with Crippen LogP contribution in [0, 0.1) is 5.82 Å². The van der Waals surface area contributed by atoms with Crippen LogP contribution >= 0.6 is 0 Å². The van der Waals surface area contributed by atoms with E-state index in [0.29, 0.717) is 37.4 Å². The molecule has 1 fully saturated rings. The topological polar surface area (TPSA) is 65.5 Å². The molecule has 1 aromatic carbocycles. The van der Waals surface area contributed by atoms with Gasteiger partial charge >= 0.3 is 6.03 Å². The third kappa shape index (κ3) is 4.42. The third-order valence-electron chi connectivity index (χ3n) is 4.81. The first-order chi connectivity index (χ1) is 13.0. The zero-order valence-corrected chi connectivity index (χ0v) is 15.5. The van der Waals surface area contributed by atoms with E-state index in [1.807, 2.05) is 24.0 Å². The molecule has 6 nitrogen and oxygen atoms in total. The predicted molar refractivity (Wildman–Crippen MR) is 101 cm³/mol. The van der Waals surface area contributed by atoms with Crippen molar-refractivity contribution in [2.45, 2.75) is 19.9 Å². The van der Waals surface area contributed by atoms with Crippen molar-refractivity contribution >= 4 is 17.5 Å². The Balaban J connectivity index is 1.57. The fraction of sp³-hybridized carbons (Fsp3) is 0.350. The molecule has 0 spiro atoms. The van der Waals surface area contributed by atoms with Gasteiger partial charge in [-0.2, -0.15) is 0 Å². The fourth-order valence-corrected chi connectivity index (χ4v) is 3.14. The van der Waals surface area contributed by atoms with E-state index in [4.69, 9.17) is 0 Å². The number of rotatable bonds is 4. The highest BCUT2D eigenvalue weighted by atomic mass is 19.1. The molecule has 142 valence electrons. The second-order valence-corrected chi connectivity index (χ2v) is 6.65. The Hall–Kier alpha value is -2.96. The molecule has 1 saturated heterocycles. The highest BCUT2D eigenvalue weighted by Crippen LogP contribution is 2.22. The van der Waals surface area contributed by atoms with Crippen molar-refractivity contribution in [2.24, 2.45) is 0 Å². The summed E-state index contributed by atoms with van der Waals surface area (Å²) in [7, 11) is 0. The van der Waals surface area contributed by atoms with E-state index in [1.54, 1.807) is 29.4 Å². The summed E-state index contributed by atoms with van der Waals surface area (Å²) in [4.78, 5) is 31.4. The number of nitrogens with one attached hydrogen (secondary N) is 1. The smallest absolute Gasteiger partial charge is 0.317 e. The maximum Gasteiger partial charge on any atom is 0.317 e. The number of halogens is 1. The molecule has 1 N–H and O–H groups in total. The molecule has 2 amide bonds. The van der Waals surface area contributed by atoms with Crippen LogP contribution in [0.5, 0.6) is 0 Å². The zero-order chi connectivity index (χ0) is 19.4. The van der Waals surface area contributed by atoms with Crippen molar-refractivity contribution in [3.63, 3.8) is 0 Å². The minimum Gasteiger partial charge on any atom is -0.366 e. The molecular formula is C20H23FN4O2. The van der Waals surface area contributed by atoms with Crippen LogP contribution in [0.1, 0.15) is 35.8 Å². The number of pyridine rings is 1. The number of hydrogen-bond donors (Lipinski definition) is 1. The maximum absolute atomic E-state index is 14.3. The molecule has 2 aromatic rings. The lowest BCUT2D eigenvalue weighted by Crippen LogP contribution is -2.52. The molecule has 0 saturated carbocycles. The molecule has 7 heteroatoms. The average molecular weight is 370 g/mol. The van der Waals surface area contributed by atoms with Crippen LogP contribution in [-0.2, 0) is 0 Å². The summed E-state index contributed by atoms with van der Waals surface area (Å²) in [6.45, 7) is 5.42. The van der Waals surface area contributed by atoms with Gasteiger partial charge in [0.2, 0.25) is 0 Å². The Morgan fingerprint density at radius 3 is 2.37 bits per heavy atom. The number of benzene rings is 1. The summed E-state index contributed by atoms with van der Waals surface area (Å²) in [5.74, 6) is -0.572. The maximum atomic E-state index is 14.3. The van der Waals surface area contributed by atoms with Crippen LogP contribution in [0.15, 0.2) is 42.7 Å². The molecular weight excluding hydrogens is 347 g/mol. The first kappa shape index (κ1) is 18.8. The molecule has 0 aliphatic carbocycles. The first-order valence-corrected chi connectivity index (χ1v) is 8.96.